The standard InChI is InChI=1S/C28H33ClF3N3O3/c1-33(2)24(36)22-10-9-21(17-23(22)29)35-15-12-26(13-16-35)18-20(26)11-14-34(3)25(37)27(38,28(30,31)32)19-7-5-4-6-8-19/h4-10,17,20,38H,11-16,18H2,1-3H3/t20-,27?/m0/s1. The van der Waals surface area contributed by atoms with Crippen LogP contribution in [0.25, 0.3) is 0 Å². The zero-order valence-electron chi connectivity index (χ0n) is 21.8. The second-order valence-corrected chi connectivity index (χ2v) is 11.1. The molecule has 0 aromatic heterocycles. The van der Waals surface area contributed by atoms with E-state index in [1.54, 1.807) is 20.2 Å². The van der Waals surface area contributed by atoms with Gasteiger partial charge in [0, 0.05) is 52.0 Å². The maximum atomic E-state index is 13.9. The van der Waals surface area contributed by atoms with Crippen molar-refractivity contribution in [1.82, 2.24) is 9.80 Å². The summed E-state index contributed by atoms with van der Waals surface area (Å²) in [5, 5.41) is 11.0. The third kappa shape index (κ3) is 5.23. The molecule has 0 bridgehead atoms. The molecule has 1 N–H and O–H groups in total. The summed E-state index contributed by atoms with van der Waals surface area (Å²) in [6.45, 7) is 1.76. The highest BCUT2D eigenvalue weighted by molar-refractivity contribution is 6.34. The van der Waals surface area contributed by atoms with Crippen LogP contribution in [0.4, 0.5) is 18.9 Å². The molecule has 1 saturated carbocycles. The van der Waals surface area contributed by atoms with Gasteiger partial charge in [-0.1, -0.05) is 41.9 Å². The Bertz CT molecular complexity index is 1180. The topological polar surface area (TPSA) is 64.1 Å². The first kappa shape index (κ1) is 28.2. The molecule has 2 atom stereocenters. The van der Waals surface area contributed by atoms with Crippen molar-refractivity contribution in [2.24, 2.45) is 11.3 Å². The molecular weight excluding hydrogens is 519 g/mol. The monoisotopic (exact) mass is 551 g/mol. The number of likely N-dealkylation sites (N-methyl/N-ethyl adjacent to an activating group) is 1. The van der Waals surface area contributed by atoms with Crippen LogP contribution in [0.5, 0.6) is 0 Å². The number of carbonyl (C=O) groups excluding carboxylic acids is 2. The largest absolute Gasteiger partial charge is 0.430 e. The first-order chi connectivity index (χ1) is 17.8. The summed E-state index contributed by atoms with van der Waals surface area (Å²) in [5.41, 5.74) is -2.53. The van der Waals surface area contributed by atoms with Crippen LogP contribution in [0.1, 0.15) is 41.6 Å². The average Bonchev–Trinajstić information content (AvgIpc) is 3.57. The second kappa shape index (κ2) is 10.4. The van der Waals surface area contributed by atoms with Crippen LogP contribution in [-0.4, -0.2) is 73.7 Å². The highest BCUT2D eigenvalue weighted by Crippen LogP contribution is 2.61. The molecule has 1 aliphatic heterocycles. The lowest BCUT2D eigenvalue weighted by atomic mass is 9.89. The number of amides is 2. The van der Waals surface area contributed by atoms with E-state index in [9.17, 15) is 27.9 Å². The van der Waals surface area contributed by atoms with Gasteiger partial charge in [-0.15, -0.1) is 0 Å². The Balaban J connectivity index is 1.33. The fourth-order valence-electron chi connectivity index (χ4n) is 5.59. The van der Waals surface area contributed by atoms with Crippen molar-refractivity contribution in [3.63, 3.8) is 0 Å². The van der Waals surface area contributed by atoms with Crippen molar-refractivity contribution in [1.29, 1.82) is 0 Å². The van der Waals surface area contributed by atoms with Crippen molar-refractivity contribution in [2.75, 3.05) is 45.7 Å². The number of benzene rings is 2. The zero-order valence-corrected chi connectivity index (χ0v) is 22.5. The van der Waals surface area contributed by atoms with E-state index in [0.717, 1.165) is 55.1 Å². The lowest BCUT2D eigenvalue weighted by molar-refractivity contribution is -0.261. The minimum Gasteiger partial charge on any atom is -0.371 e. The van der Waals surface area contributed by atoms with Gasteiger partial charge >= 0.3 is 6.18 Å². The predicted molar refractivity (Wildman–Crippen MR) is 140 cm³/mol. The molecular formula is C28H33ClF3N3O3. The molecule has 1 aliphatic carbocycles. The van der Waals surface area contributed by atoms with Gasteiger partial charge in [-0.25, -0.2) is 0 Å². The van der Waals surface area contributed by atoms with Gasteiger partial charge in [0.1, 0.15) is 0 Å². The van der Waals surface area contributed by atoms with Crippen LogP contribution in [0.2, 0.25) is 5.02 Å². The fraction of sp³-hybridized carbons (Fsp3) is 0.500. The number of piperidine rings is 1. The van der Waals surface area contributed by atoms with Gasteiger partial charge in [0.25, 0.3) is 17.4 Å². The second-order valence-electron chi connectivity index (χ2n) is 10.7. The quantitative estimate of drug-likeness (QED) is 0.529. The minimum atomic E-state index is -5.14. The lowest BCUT2D eigenvalue weighted by Crippen LogP contribution is -2.55. The van der Waals surface area contributed by atoms with E-state index in [1.807, 2.05) is 12.1 Å². The molecule has 2 amide bonds. The van der Waals surface area contributed by atoms with Gasteiger partial charge in [-0.3, -0.25) is 9.59 Å². The van der Waals surface area contributed by atoms with Crippen LogP contribution in [-0.2, 0) is 10.4 Å². The van der Waals surface area contributed by atoms with Crippen LogP contribution >= 0.6 is 11.6 Å². The van der Waals surface area contributed by atoms with Crippen LogP contribution in [0.15, 0.2) is 48.5 Å². The first-order valence-corrected chi connectivity index (χ1v) is 13.0. The average molecular weight is 552 g/mol. The van der Waals surface area contributed by atoms with E-state index in [1.165, 1.54) is 30.1 Å². The zero-order chi connectivity index (χ0) is 27.9. The third-order valence-corrected chi connectivity index (χ3v) is 8.46. The molecule has 1 spiro atoms. The first-order valence-electron chi connectivity index (χ1n) is 12.7. The lowest BCUT2D eigenvalue weighted by Gasteiger charge is -2.35. The maximum Gasteiger partial charge on any atom is 0.430 e. The normalized spacial score (nSPS) is 20.1. The number of aliphatic hydroxyl groups is 1. The van der Waals surface area contributed by atoms with Gasteiger partial charge in [0.15, 0.2) is 0 Å². The molecule has 2 aromatic carbocycles. The van der Waals surface area contributed by atoms with E-state index < -0.39 is 23.2 Å². The SMILES string of the molecule is CN(C)C(=O)c1ccc(N2CCC3(CC2)C[C@@H]3CCN(C)C(=O)C(O)(c2ccccc2)C(F)(F)F)cc1Cl. The summed E-state index contributed by atoms with van der Waals surface area (Å²) in [5.74, 6) is -1.20. The van der Waals surface area contributed by atoms with Crippen LogP contribution in [0.3, 0.4) is 0 Å². The van der Waals surface area contributed by atoms with Crippen molar-refractivity contribution in [3.8, 4) is 0 Å². The predicted octanol–water partition coefficient (Wildman–Crippen LogP) is 4.95. The van der Waals surface area contributed by atoms with E-state index in [4.69, 9.17) is 11.6 Å². The number of hydrogen-bond acceptors (Lipinski definition) is 4. The Hall–Kier alpha value is -2.78. The highest BCUT2D eigenvalue weighted by atomic mass is 35.5. The summed E-state index contributed by atoms with van der Waals surface area (Å²) < 4.78 is 41.6. The molecule has 1 saturated heterocycles. The summed E-state index contributed by atoms with van der Waals surface area (Å²) in [4.78, 5) is 29.8. The number of halogens is 4. The van der Waals surface area contributed by atoms with E-state index in [2.05, 4.69) is 4.90 Å². The molecule has 6 nitrogen and oxygen atoms in total. The number of carbonyl (C=O) groups is 2. The summed E-state index contributed by atoms with van der Waals surface area (Å²) in [7, 11) is 4.67. The molecule has 4 rings (SSSR count). The van der Waals surface area contributed by atoms with Gasteiger partial charge in [-0.2, -0.15) is 13.2 Å². The van der Waals surface area contributed by atoms with Crippen LogP contribution in [0, 0.1) is 11.3 Å². The van der Waals surface area contributed by atoms with Gasteiger partial charge in [0.05, 0.1) is 10.6 Å². The number of anilines is 1. The number of hydrogen-bond donors (Lipinski definition) is 1. The van der Waals surface area contributed by atoms with Crippen molar-refractivity contribution in [3.05, 3.63) is 64.7 Å². The van der Waals surface area contributed by atoms with Crippen LogP contribution < -0.4 is 4.90 Å². The summed E-state index contributed by atoms with van der Waals surface area (Å²) >= 11 is 6.38. The summed E-state index contributed by atoms with van der Waals surface area (Å²) in [6.07, 6.45) is -1.72. The van der Waals surface area contributed by atoms with E-state index in [-0.39, 0.29) is 17.9 Å². The number of rotatable bonds is 7. The summed E-state index contributed by atoms with van der Waals surface area (Å²) in [6, 6.07) is 12.0. The molecule has 206 valence electrons. The Morgan fingerprint density at radius 2 is 1.71 bits per heavy atom. The van der Waals surface area contributed by atoms with Gasteiger partial charge in [0.2, 0.25) is 0 Å². The maximum absolute atomic E-state index is 13.9. The minimum absolute atomic E-state index is 0.130. The number of nitrogens with zero attached hydrogens (tertiary/aromatic N) is 3. The van der Waals surface area contributed by atoms with Crippen molar-refractivity contribution < 1.29 is 27.9 Å². The van der Waals surface area contributed by atoms with E-state index in [0.29, 0.717) is 22.9 Å². The fourth-order valence-corrected chi connectivity index (χ4v) is 5.85. The Morgan fingerprint density at radius 3 is 2.26 bits per heavy atom. The molecule has 2 fully saturated rings. The third-order valence-electron chi connectivity index (χ3n) is 8.14. The van der Waals surface area contributed by atoms with Gasteiger partial charge in [-0.05, 0) is 55.2 Å². The molecule has 2 aliphatic rings. The Labute approximate surface area is 226 Å². The van der Waals surface area contributed by atoms with Crippen molar-refractivity contribution in [2.45, 2.75) is 37.5 Å². The van der Waals surface area contributed by atoms with Gasteiger partial charge < -0.3 is 19.8 Å². The smallest absolute Gasteiger partial charge is 0.371 e. The molecule has 2 aromatic rings. The Morgan fingerprint density at radius 1 is 1.08 bits per heavy atom. The highest BCUT2D eigenvalue weighted by Gasteiger charge is 2.62. The Kier molecular flexibility index (Phi) is 7.74. The molecule has 1 heterocycles. The molecule has 1 unspecified atom stereocenters. The van der Waals surface area contributed by atoms with Crippen molar-refractivity contribution >= 4 is 29.1 Å². The molecule has 0 radical (unpaired) electrons. The molecule has 10 heteroatoms. The molecule has 38 heavy (non-hydrogen) atoms. The number of alkyl halides is 3. The van der Waals surface area contributed by atoms with E-state index >= 15 is 0 Å².